The molecule has 0 saturated heterocycles. The summed E-state index contributed by atoms with van der Waals surface area (Å²) in [5, 5.41) is 3.17. The van der Waals surface area contributed by atoms with Crippen LogP contribution < -0.4 is 11.1 Å². The predicted molar refractivity (Wildman–Crippen MR) is 50.3 cm³/mol. The second kappa shape index (κ2) is 3.55. The van der Waals surface area contributed by atoms with Crippen LogP contribution in [0.4, 0.5) is 0 Å². The van der Waals surface area contributed by atoms with Crippen LogP contribution in [0.5, 0.6) is 0 Å². The number of nitrogens with two attached hydrogens (primary N) is 1. The summed E-state index contributed by atoms with van der Waals surface area (Å²) in [6.45, 7) is 12.8. The van der Waals surface area contributed by atoms with Crippen molar-refractivity contribution in [1.29, 1.82) is 0 Å². The summed E-state index contributed by atoms with van der Waals surface area (Å²) in [4.78, 5) is 0. The normalized spacial score (nSPS) is 13.6. The summed E-state index contributed by atoms with van der Waals surface area (Å²) < 4.78 is 0. The number of hydrogen-bond donors (Lipinski definition) is 2. The number of hydrogen-bond acceptors (Lipinski definition) is 2. The molecule has 0 fully saturated rings. The van der Waals surface area contributed by atoms with Crippen LogP contribution in [0.1, 0.15) is 34.6 Å². The molecule has 0 aliphatic rings. The average molecular weight is 158 g/mol. The minimum absolute atomic E-state index is 0.298. The molecule has 0 heterocycles. The van der Waals surface area contributed by atoms with E-state index in [2.05, 4.69) is 39.9 Å². The summed E-state index contributed by atoms with van der Waals surface area (Å²) in [5.74, 6) is 0. The first-order valence-corrected chi connectivity index (χ1v) is 4.22. The van der Waals surface area contributed by atoms with E-state index in [-0.39, 0.29) is 0 Å². The molecule has 0 unspecified atom stereocenters. The van der Waals surface area contributed by atoms with Crippen molar-refractivity contribution in [2.24, 2.45) is 16.6 Å². The summed E-state index contributed by atoms with van der Waals surface area (Å²) in [6.07, 6.45) is 0. The molecule has 3 N–H and O–H groups in total. The maximum absolute atomic E-state index is 5.37. The second-order valence-corrected chi connectivity index (χ2v) is 4.76. The van der Waals surface area contributed by atoms with E-state index in [4.69, 9.17) is 5.73 Å². The lowest BCUT2D eigenvalue weighted by molar-refractivity contribution is 0.130. The van der Waals surface area contributed by atoms with Crippen LogP contribution in [0.25, 0.3) is 0 Å². The van der Waals surface area contributed by atoms with Crippen LogP contribution >= 0.6 is 0 Å². The fourth-order valence-corrected chi connectivity index (χ4v) is 0.650. The second-order valence-electron chi connectivity index (χ2n) is 4.76. The summed E-state index contributed by atoms with van der Waals surface area (Å²) in [7, 11) is 0. The van der Waals surface area contributed by atoms with Crippen molar-refractivity contribution in [2.45, 2.75) is 34.6 Å². The molecule has 0 aromatic rings. The van der Waals surface area contributed by atoms with Gasteiger partial charge in [0, 0.05) is 13.2 Å². The first kappa shape index (κ1) is 10.9. The van der Waals surface area contributed by atoms with E-state index in [1.54, 1.807) is 0 Å². The maximum atomic E-state index is 5.37. The van der Waals surface area contributed by atoms with Gasteiger partial charge in [-0.15, -0.1) is 0 Å². The largest absolute Gasteiger partial charge is 0.318 e. The molecular formula is C9H22N2. The van der Waals surface area contributed by atoms with E-state index in [0.717, 1.165) is 6.54 Å². The van der Waals surface area contributed by atoms with Gasteiger partial charge >= 0.3 is 0 Å². The lowest BCUT2D eigenvalue weighted by Crippen LogP contribution is -2.41. The Morgan fingerprint density at radius 3 is 1.82 bits per heavy atom. The fraction of sp³-hybridized carbons (Fsp3) is 1.00. The Kier molecular flexibility index (Phi) is 3.52. The van der Waals surface area contributed by atoms with Gasteiger partial charge < -0.3 is 11.1 Å². The molecular weight excluding hydrogens is 136 g/mol. The summed E-state index contributed by atoms with van der Waals surface area (Å²) in [5.41, 5.74) is 5.99. The molecule has 0 spiro atoms. The number of nitrogens with one attached hydrogen (secondary N) is 1. The predicted octanol–water partition coefficient (Wildman–Crippen LogP) is 1.56. The van der Waals surface area contributed by atoms with Crippen LogP contribution in [0.3, 0.4) is 0 Å². The molecule has 0 bridgehead atoms. The summed E-state index contributed by atoms with van der Waals surface area (Å²) >= 11 is 0. The van der Waals surface area contributed by atoms with Crippen LogP contribution in [0, 0.1) is 10.8 Å². The van der Waals surface area contributed by atoms with Crippen LogP contribution in [0.2, 0.25) is 0 Å². The third-order valence-electron chi connectivity index (χ3n) is 2.74. The molecule has 0 aliphatic carbocycles. The van der Waals surface area contributed by atoms with Gasteiger partial charge in [-0.2, -0.15) is 0 Å². The quantitative estimate of drug-likeness (QED) is 0.612. The third kappa shape index (κ3) is 3.21. The minimum Gasteiger partial charge on any atom is -0.318 e. The third-order valence-corrected chi connectivity index (χ3v) is 2.74. The van der Waals surface area contributed by atoms with Gasteiger partial charge in [0.15, 0.2) is 0 Å². The van der Waals surface area contributed by atoms with Gasteiger partial charge in [-0.05, 0) is 10.8 Å². The highest BCUT2D eigenvalue weighted by Crippen LogP contribution is 2.36. The monoisotopic (exact) mass is 158 g/mol. The van der Waals surface area contributed by atoms with Crippen LogP contribution in [-0.4, -0.2) is 13.2 Å². The standard InChI is InChI=1S/C9H22N2/c1-8(2,3)9(4,5)6-11-7-10/h11H,6-7,10H2,1-5H3. The van der Waals surface area contributed by atoms with Gasteiger partial charge in [0.05, 0.1) is 0 Å². The van der Waals surface area contributed by atoms with E-state index >= 15 is 0 Å². The van der Waals surface area contributed by atoms with Crippen molar-refractivity contribution < 1.29 is 0 Å². The van der Waals surface area contributed by atoms with E-state index < -0.39 is 0 Å². The minimum atomic E-state index is 0.298. The zero-order chi connectivity index (χ0) is 9.12. The highest BCUT2D eigenvalue weighted by molar-refractivity contribution is 4.83. The van der Waals surface area contributed by atoms with Crippen LogP contribution in [0.15, 0.2) is 0 Å². The molecule has 68 valence electrons. The molecule has 2 heteroatoms. The summed E-state index contributed by atoms with van der Waals surface area (Å²) in [6, 6.07) is 0. The Morgan fingerprint density at radius 1 is 1.09 bits per heavy atom. The highest BCUT2D eigenvalue weighted by atomic mass is 15.0. The van der Waals surface area contributed by atoms with Crippen molar-refractivity contribution in [1.82, 2.24) is 5.32 Å². The van der Waals surface area contributed by atoms with E-state index in [0.29, 0.717) is 17.5 Å². The maximum Gasteiger partial charge on any atom is 0.0428 e. The van der Waals surface area contributed by atoms with Gasteiger partial charge in [0.2, 0.25) is 0 Å². The molecule has 0 atom stereocenters. The van der Waals surface area contributed by atoms with Crippen molar-refractivity contribution in [3.63, 3.8) is 0 Å². The van der Waals surface area contributed by atoms with Crippen LogP contribution in [-0.2, 0) is 0 Å². The SMILES string of the molecule is CC(C)(C)C(C)(C)CNCN. The molecule has 0 aliphatic heterocycles. The van der Waals surface area contributed by atoms with Crippen molar-refractivity contribution in [3.8, 4) is 0 Å². The lowest BCUT2D eigenvalue weighted by atomic mass is 9.69. The lowest BCUT2D eigenvalue weighted by Gasteiger charge is -2.39. The molecule has 0 amide bonds. The van der Waals surface area contributed by atoms with Gasteiger partial charge in [-0.3, -0.25) is 0 Å². The highest BCUT2D eigenvalue weighted by Gasteiger charge is 2.31. The average Bonchev–Trinajstić information content (AvgIpc) is 1.81. The fourth-order valence-electron chi connectivity index (χ4n) is 0.650. The molecule has 0 aromatic heterocycles. The molecule has 0 aromatic carbocycles. The zero-order valence-electron chi connectivity index (χ0n) is 8.49. The molecule has 2 nitrogen and oxygen atoms in total. The van der Waals surface area contributed by atoms with Gasteiger partial charge in [0.25, 0.3) is 0 Å². The Morgan fingerprint density at radius 2 is 1.55 bits per heavy atom. The van der Waals surface area contributed by atoms with Gasteiger partial charge in [-0.1, -0.05) is 34.6 Å². The molecule has 0 rings (SSSR count). The number of rotatable bonds is 3. The molecule has 11 heavy (non-hydrogen) atoms. The first-order valence-electron chi connectivity index (χ1n) is 4.22. The van der Waals surface area contributed by atoms with Crippen molar-refractivity contribution in [3.05, 3.63) is 0 Å². The first-order chi connectivity index (χ1) is 4.81. The topological polar surface area (TPSA) is 38.0 Å². The molecule has 0 saturated carbocycles. The van der Waals surface area contributed by atoms with E-state index in [9.17, 15) is 0 Å². The van der Waals surface area contributed by atoms with Crippen molar-refractivity contribution >= 4 is 0 Å². The Labute approximate surface area is 70.5 Å². The van der Waals surface area contributed by atoms with Gasteiger partial charge in [0.1, 0.15) is 0 Å². The van der Waals surface area contributed by atoms with Gasteiger partial charge in [-0.25, -0.2) is 0 Å². The Bertz CT molecular complexity index is 111. The van der Waals surface area contributed by atoms with E-state index in [1.165, 1.54) is 0 Å². The zero-order valence-corrected chi connectivity index (χ0v) is 8.49. The van der Waals surface area contributed by atoms with E-state index in [1.807, 2.05) is 0 Å². The Hall–Kier alpha value is -0.0800. The van der Waals surface area contributed by atoms with Crippen molar-refractivity contribution in [2.75, 3.05) is 13.2 Å². The smallest absolute Gasteiger partial charge is 0.0428 e. The molecule has 0 radical (unpaired) electrons. The Balaban J connectivity index is 4.00.